The zero-order valence-corrected chi connectivity index (χ0v) is 15.6. The molecule has 0 radical (unpaired) electrons. The Kier molecular flexibility index (Phi) is 7.12. The van der Waals surface area contributed by atoms with Crippen molar-refractivity contribution < 1.29 is 14.3 Å². The van der Waals surface area contributed by atoms with Gasteiger partial charge in [-0.3, -0.25) is 4.79 Å². The average molecular weight is 392 g/mol. The topological polar surface area (TPSA) is 38.8 Å². The number of benzene rings is 2. The number of methoxy groups -OCH3 is 1. The summed E-state index contributed by atoms with van der Waals surface area (Å²) in [6, 6.07) is 15.4. The highest BCUT2D eigenvalue weighted by molar-refractivity contribution is 9.10. The predicted molar refractivity (Wildman–Crippen MR) is 98.3 cm³/mol. The summed E-state index contributed by atoms with van der Waals surface area (Å²) < 4.78 is 11.8. The lowest BCUT2D eigenvalue weighted by Crippen LogP contribution is -2.26. The second-order valence-corrected chi connectivity index (χ2v) is 6.32. The first-order valence-corrected chi connectivity index (χ1v) is 8.63. The third kappa shape index (κ3) is 5.57. The first-order chi connectivity index (χ1) is 11.6. The van der Waals surface area contributed by atoms with Crippen LogP contribution in [0.3, 0.4) is 0 Å². The first-order valence-electron chi connectivity index (χ1n) is 7.84. The fourth-order valence-electron chi connectivity index (χ4n) is 2.25. The molecule has 0 saturated heterocycles. The van der Waals surface area contributed by atoms with E-state index in [2.05, 4.69) is 15.9 Å². The minimum atomic E-state index is 0.115. The number of carbonyl (C=O) groups excluding carboxylic acids is 1. The van der Waals surface area contributed by atoms with Gasteiger partial charge in [-0.2, -0.15) is 0 Å². The van der Waals surface area contributed by atoms with E-state index in [1.165, 1.54) is 0 Å². The van der Waals surface area contributed by atoms with Crippen molar-refractivity contribution in [1.29, 1.82) is 0 Å². The molecule has 0 heterocycles. The number of halogens is 1. The fraction of sp³-hybridized carbons (Fsp3) is 0.316. The van der Waals surface area contributed by atoms with Crippen LogP contribution in [0, 0.1) is 0 Å². The quantitative estimate of drug-likeness (QED) is 0.630. The minimum absolute atomic E-state index is 0.115. The molecule has 0 fully saturated rings. The largest absolute Gasteiger partial charge is 0.497 e. The van der Waals surface area contributed by atoms with E-state index in [-0.39, 0.29) is 5.91 Å². The van der Waals surface area contributed by atoms with Crippen LogP contribution in [-0.4, -0.2) is 31.6 Å². The molecule has 128 valence electrons. The van der Waals surface area contributed by atoms with E-state index < -0.39 is 0 Å². The molecule has 2 aromatic carbocycles. The summed E-state index contributed by atoms with van der Waals surface area (Å²) >= 11 is 3.51. The van der Waals surface area contributed by atoms with E-state index in [9.17, 15) is 4.79 Å². The summed E-state index contributed by atoms with van der Waals surface area (Å²) in [5.41, 5.74) is 1.10. The lowest BCUT2D eigenvalue weighted by Gasteiger charge is -2.18. The molecule has 1 amide bonds. The molecule has 0 aromatic heterocycles. The molecule has 0 aliphatic heterocycles. The van der Waals surface area contributed by atoms with E-state index in [1.807, 2.05) is 55.6 Å². The van der Waals surface area contributed by atoms with Gasteiger partial charge in [-0.1, -0.05) is 34.1 Å². The van der Waals surface area contributed by atoms with Gasteiger partial charge >= 0.3 is 0 Å². The molecule has 5 heteroatoms. The van der Waals surface area contributed by atoms with E-state index in [1.54, 1.807) is 12.0 Å². The van der Waals surface area contributed by atoms with Crippen LogP contribution in [0.25, 0.3) is 0 Å². The molecule has 0 N–H and O–H groups in total. The maximum absolute atomic E-state index is 12.2. The monoisotopic (exact) mass is 391 g/mol. The number of hydrogen-bond acceptors (Lipinski definition) is 3. The number of nitrogens with zero attached hydrogens (tertiary/aromatic N) is 1. The second-order valence-electron chi connectivity index (χ2n) is 5.47. The van der Waals surface area contributed by atoms with Gasteiger partial charge in [-0.05, 0) is 42.3 Å². The highest BCUT2D eigenvalue weighted by atomic mass is 79.9. The number of rotatable bonds is 8. The van der Waals surface area contributed by atoms with E-state index in [0.717, 1.165) is 21.5 Å². The molecular weight excluding hydrogens is 370 g/mol. The van der Waals surface area contributed by atoms with Crippen molar-refractivity contribution in [3.63, 3.8) is 0 Å². The van der Waals surface area contributed by atoms with Gasteiger partial charge in [-0.15, -0.1) is 0 Å². The SMILES string of the molecule is COc1ccc(OCCCC(=O)N(C)Cc2ccccc2Br)cc1. The predicted octanol–water partition coefficient (Wildman–Crippen LogP) is 4.28. The van der Waals surface area contributed by atoms with Gasteiger partial charge in [0.05, 0.1) is 13.7 Å². The maximum Gasteiger partial charge on any atom is 0.222 e. The van der Waals surface area contributed by atoms with Crippen LogP contribution in [0.5, 0.6) is 11.5 Å². The molecule has 0 aliphatic carbocycles. The zero-order valence-electron chi connectivity index (χ0n) is 14.0. The van der Waals surface area contributed by atoms with Crippen LogP contribution in [0.1, 0.15) is 18.4 Å². The van der Waals surface area contributed by atoms with E-state index in [0.29, 0.717) is 26.0 Å². The third-order valence-electron chi connectivity index (χ3n) is 3.65. The van der Waals surface area contributed by atoms with Gasteiger partial charge in [0, 0.05) is 24.5 Å². The minimum Gasteiger partial charge on any atom is -0.497 e. The molecule has 0 aliphatic rings. The normalized spacial score (nSPS) is 10.3. The zero-order chi connectivity index (χ0) is 17.4. The Balaban J connectivity index is 1.71. The Morgan fingerprint density at radius 1 is 1.08 bits per heavy atom. The standard InChI is InChI=1S/C19H22BrNO3/c1-21(14-15-6-3-4-7-18(15)20)19(22)8-5-13-24-17-11-9-16(23-2)10-12-17/h3-4,6-7,9-12H,5,8,13-14H2,1-2H3. The van der Waals surface area contributed by atoms with Crippen molar-refractivity contribution in [3.8, 4) is 11.5 Å². The van der Waals surface area contributed by atoms with Crippen LogP contribution in [0.4, 0.5) is 0 Å². The van der Waals surface area contributed by atoms with Crippen molar-refractivity contribution in [1.82, 2.24) is 4.90 Å². The number of ether oxygens (including phenoxy) is 2. The summed E-state index contributed by atoms with van der Waals surface area (Å²) in [4.78, 5) is 13.9. The Morgan fingerprint density at radius 3 is 2.42 bits per heavy atom. The van der Waals surface area contributed by atoms with Crippen molar-refractivity contribution in [2.24, 2.45) is 0 Å². The Hall–Kier alpha value is -2.01. The maximum atomic E-state index is 12.2. The first kappa shape index (κ1) is 18.3. The lowest BCUT2D eigenvalue weighted by atomic mass is 10.2. The molecular formula is C19H22BrNO3. The summed E-state index contributed by atoms with van der Waals surface area (Å²) in [5, 5.41) is 0. The fourth-order valence-corrected chi connectivity index (χ4v) is 2.66. The number of hydrogen-bond donors (Lipinski definition) is 0. The van der Waals surface area contributed by atoms with Crippen molar-refractivity contribution in [3.05, 3.63) is 58.6 Å². The number of carbonyl (C=O) groups is 1. The van der Waals surface area contributed by atoms with Gasteiger partial charge in [0.15, 0.2) is 0 Å². The van der Waals surface area contributed by atoms with Gasteiger partial charge in [0.1, 0.15) is 11.5 Å². The average Bonchev–Trinajstić information content (AvgIpc) is 2.61. The Morgan fingerprint density at radius 2 is 1.75 bits per heavy atom. The van der Waals surface area contributed by atoms with Gasteiger partial charge in [0.25, 0.3) is 0 Å². The molecule has 0 atom stereocenters. The van der Waals surface area contributed by atoms with Crippen LogP contribution in [-0.2, 0) is 11.3 Å². The third-order valence-corrected chi connectivity index (χ3v) is 4.43. The van der Waals surface area contributed by atoms with E-state index >= 15 is 0 Å². The molecule has 2 rings (SSSR count). The molecule has 0 saturated carbocycles. The smallest absolute Gasteiger partial charge is 0.222 e. The van der Waals surface area contributed by atoms with Crippen LogP contribution in [0.2, 0.25) is 0 Å². The van der Waals surface area contributed by atoms with Crippen molar-refractivity contribution in [2.45, 2.75) is 19.4 Å². The highest BCUT2D eigenvalue weighted by Crippen LogP contribution is 2.18. The Labute approximate surface area is 151 Å². The molecule has 0 bridgehead atoms. The Bertz CT molecular complexity index is 658. The lowest BCUT2D eigenvalue weighted by molar-refractivity contribution is -0.130. The summed E-state index contributed by atoms with van der Waals surface area (Å²) in [6.07, 6.45) is 1.16. The molecule has 2 aromatic rings. The summed E-state index contributed by atoms with van der Waals surface area (Å²) in [5.74, 6) is 1.69. The molecule has 24 heavy (non-hydrogen) atoms. The van der Waals surface area contributed by atoms with Crippen molar-refractivity contribution in [2.75, 3.05) is 20.8 Å². The van der Waals surface area contributed by atoms with Gasteiger partial charge in [-0.25, -0.2) is 0 Å². The van der Waals surface area contributed by atoms with Crippen LogP contribution < -0.4 is 9.47 Å². The van der Waals surface area contributed by atoms with Crippen molar-refractivity contribution >= 4 is 21.8 Å². The van der Waals surface area contributed by atoms with Crippen LogP contribution in [0.15, 0.2) is 53.0 Å². The highest BCUT2D eigenvalue weighted by Gasteiger charge is 2.10. The molecule has 4 nitrogen and oxygen atoms in total. The summed E-state index contributed by atoms with van der Waals surface area (Å²) in [6.45, 7) is 1.11. The van der Waals surface area contributed by atoms with E-state index in [4.69, 9.17) is 9.47 Å². The molecule has 0 unspecified atom stereocenters. The summed E-state index contributed by atoms with van der Waals surface area (Å²) in [7, 11) is 3.46. The van der Waals surface area contributed by atoms with Gasteiger partial charge in [0.2, 0.25) is 5.91 Å². The molecule has 0 spiro atoms. The van der Waals surface area contributed by atoms with Crippen LogP contribution >= 0.6 is 15.9 Å². The second kappa shape index (κ2) is 9.33. The van der Waals surface area contributed by atoms with Gasteiger partial charge < -0.3 is 14.4 Å². The number of amides is 1.